The first-order valence-electron chi connectivity index (χ1n) is 11.7. The third-order valence-corrected chi connectivity index (χ3v) is 6.03. The third kappa shape index (κ3) is 5.75. The van der Waals surface area contributed by atoms with Crippen molar-refractivity contribution < 1.29 is 23.3 Å². The van der Waals surface area contributed by atoms with Crippen molar-refractivity contribution in [3.8, 4) is 11.3 Å². The highest BCUT2D eigenvalue weighted by atomic mass is 16.5. The second-order valence-corrected chi connectivity index (χ2v) is 8.85. The largest absolute Gasteiger partial charge is 0.467 e. The Morgan fingerprint density at radius 1 is 1.18 bits per heavy atom. The summed E-state index contributed by atoms with van der Waals surface area (Å²) in [6.45, 7) is 7.76. The molecule has 0 unspecified atom stereocenters. The van der Waals surface area contributed by atoms with Crippen molar-refractivity contribution in [3.63, 3.8) is 0 Å². The number of furan rings is 1. The fourth-order valence-electron chi connectivity index (χ4n) is 4.43. The van der Waals surface area contributed by atoms with Gasteiger partial charge < -0.3 is 23.9 Å². The standard InChI is InChI=1S/C26H31N3O5/c1-17-12-18(2)25(19(3)13-17)23-14-22(28-34-23)26(31)29(16-21-7-5-11-33-21)9-8-24(30)27-15-20-6-4-10-32-20/h5,7,11-14,20H,4,6,8-10,15-16H2,1-3H3,(H,27,30)/t20-/m0/s1. The Morgan fingerprint density at radius 2 is 1.97 bits per heavy atom. The molecule has 0 aliphatic carbocycles. The van der Waals surface area contributed by atoms with E-state index < -0.39 is 0 Å². The summed E-state index contributed by atoms with van der Waals surface area (Å²) in [7, 11) is 0. The molecule has 0 saturated carbocycles. The molecule has 8 heteroatoms. The number of benzene rings is 1. The number of carbonyl (C=O) groups is 2. The molecule has 1 aliphatic rings. The highest BCUT2D eigenvalue weighted by Crippen LogP contribution is 2.29. The monoisotopic (exact) mass is 465 g/mol. The van der Waals surface area contributed by atoms with Crippen LogP contribution in [0.2, 0.25) is 0 Å². The normalized spacial score (nSPS) is 15.4. The zero-order valence-corrected chi connectivity index (χ0v) is 19.9. The van der Waals surface area contributed by atoms with Crippen LogP contribution >= 0.6 is 0 Å². The van der Waals surface area contributed by atoms with Crippen LogP contribution in [0.1, 0.15) is 52.2 Å². The van der Waals surface area contributed by atoms with Crippen molar-refractivity contribution in [1.29, 1.82) is 0 Å². The van der Waals surface area contributed by atoms with Gasteiger partial charge in [0, 0.05) is 37.7 Å². The molecule has 0 bridgehead atoms. The predicted molar refractivity (Wildman–Crippen MR) is 126 cm³/mol. The first-order valence-corrected chi connectivity index (χ1v) is 11.7. The number of ether oxygens (including phenoxy) is 1. The molecule has 4 rings (SSSR count). The lowest BCUT2D eigenvalue weighted by molar-refractivity contribution is -0.121. The van der Waals surface area contributed by atoms with Gasteiger partial charge in [0.25, 0.3) is 5.91 Å². The molecule has 1 aromatic carbocycles. The zero-order chi connectivity index (χ0) is 24.1. The Hall–Kier alpha value is -3.39. The van der Waals surface area contributed by atoms with Crippen LogP contribution in [0.4, 0.5) is 0 Å². The first kappa shape index (κ1) is 23.8. The van der Waals surface area contributed by atoms with Crippen LogP contribution in [0.5, 0.6) is 0 Å². The second kappa shape index (κ2) is 10.7. The molecule has 1 atom stereocenters. The Balaban J connectivity index is 1.46. The van der Waals surface area contributed by atoms with Gasteiger partial charge in [0.2, 0.25) is 5.91 Å². The van der Waals surface area contributed by atoms with Gasteiger partial charge in [0.1, 0.15) is 5.76 Å². The molecule has 1 N–H and O–H groups in total. The molecular formula is C26H31N3O5. The topological polar surface area (TPSA) is 97.8 Å². The van der Waals surface area contributed by atoms with Crippen LogP contribution in [0.3, 0.4) is 0 Å². The number of carbonyl (C=O) groups excluding carboxylic acids is 2. The van der Waals surface area contributed by atoms with Crippen LogP contribution < -0.4 is 5.32 Å². The summed E-state index contributed by atoms with van der Waals surface area (Å²) in [6, 6.07) is 9.38. The second-order valence-electron chi connectivity index (χ2n) is 8.85. The minimum Gasteiger partial charge on any atom is -0.467 e. The van der Waals surface area contributed by atoms with Gasteiger partial charge >= 0.3 is 0 Å². The lowest BCUT2D eigenvalue weighted by Gasteiger charge is -2.20. The summed E-state index contributed by atoms with van der Waals surface area (Å²) in [4.78, 5) is 27.3. The maximum Gasteiger partial charge on any atom is 0.276 e. The van der Waals surface area contributed by atoms with E-state index in [-0.39, 0.29) is 43.1 Å². The Bertz CT molecular complexity index is 1110. The molecule has 34 heavy (non-hydrogen) atoms. The van der Waals surface area contributed by atoms with Gasteiger partial charge in [-0.3, -0.25) is 9.59 Å². The smallest absolute Gasteiger partial charge is 0.276 e. The van der Waals surface area contributed by atoms with Crippen LogP contribution in [0, 0.1) is 20.8 Å². The van der Waals surface area contributed by atoms with Crippen molar-refractivity contribution in [3.05, 3.63) is 64.7 Å². The summed E-state index contributed by atoms with van der Waals surface area (Å²) in [5.74, 6) is 0.730. The molecule has 180 valence electrons. The van der Waals surface area contributed by atoms with Crippen molar-refractivity contribution in [2.24, 2.45) is 0 Å². The Kier molecular flexibility index (Phi) is 7.47. The number of rotatable bonds is 9. The van der Waals surface area contributed by atoms with E-state index in [0.717, 1.165) is 41.7 Å². The molecule has 0 radical (unpaired) electrons. The predicted octanol–water partition coefficient (Wildman–Crippen LogP) is 4.19. The van der Waals surface area contributed by atoms with Gasteiger partial charge in [-0.1, -0.05) is 22.9 Å². The third-order valence-electron chi connectivity index (χ3n) is 6.03. The van der Waals surface area contributed by atoms with Gasteiger partial charge in [-0.25, -0.2) is 0 Å². The zero-order valence-electron chi connectivity index (χ0n) is 19.9. The minimum atomic E-state index is -0.319. The van der Waals surface area contributed by atoms with E-state index in [0.29, 0.717) is 18.1 Å². The molecule has 2 aromatic heterocycles. The molecule has 8 nitrogen and oxygen atoms in total. The summed E-state index contributed by atoms with van der Waals surface area (Å²) < 4.78 is 16.5. The van der Waals surface area contributed by atoms with Gasteiger partial charge in [0.05, 0.1) is 18.9 Å². The molecule has 3 heterocycles. The maximum absolute atomic E-state index is 13.3. The van der Waals surface area contributed by atoms with E-state index in [1.807, 2.05) is 20.8 Å². The van der Waals surface area contributed by atoms with Gasteiger partial charge in [-0.05, 0) is 56.9 Å². The van der Waals surface area contributed by atoms with Gasteiger partial charge in [-0.2, -0.15) is 0 Å². The number of nitrogens with zero attached hydrogens (tertiary/aromatic N) is 2. The highest BCUT2D eigenvalue weighted by molar-refractivity contribution is 5.93. The fourth-order valence-corrected chi connectivity index (χ4v) is 4.43. The number of aryl methyl sites for hydroxylation is 3. The van der Waals surface area contributed by atoms with E-state index in [2.05, 4.69) is 22.6 Å². The summed E-state index contributed by atoms with van der Waals surface area (Å²) in [6.07, 6.45) is 3.78. The van der Waals surface area contributed by atoms with E-state index >= 15 is 0 Å². The van der Waals surface area contributed by atoms with Gasteiger partial charge in [-0.15, -0.1) is 0 Å². The molecule has 3 aromatic rings. The number of amides is 2. The fraction of sp³-hybridized carbons (Fsp3) is 0.423. The summed E-state index contributed by atoms with van der Waals surface area (Å²) >= 11 is 0. The van der Waals surface area contributed by atoms with Crippen LogP contribution in [0.15, 0.2) is 45.5 Å². The lowest BCUT2D eigenvalue weighted by Crippen LogP contribution is -2.37. The number of nitrogens with one attached hydrogen (secondary N) is 1. The average molecular weight is 466 g/mol. The van der Waals surface area contributed by atoms with Crippen molar-refractivity contribution in [2.75, 3.05) is 19.7 Å². The molecule has 2 amide bonds. The molecular weight excluding hydrogens is 434 g/mol. The SMILES string of the molecule is Cc1cc(C)c(-c2cc(C(=O)N(CCC(=O)NC[C@@H]3CCCO3)Cc3ccco3)no2)c(C)c1. The van der Waals surface area contributed by atoms with E-state index in [9.17, 15) is 9.59 Å². The molecule has 1 saturated heterocycles. The highest BCUT2D eigenvalue weighted by Gasteiger charge is 2.24. The van der Waals surface area contributed by atoms with Crippen molar-refractivity contribution >= 4 is 11.8 Å². The van der Waals surface area contributed by atoms with Crippen molar-refractivity contribution in [2.45, 2.75) is 52.7 Å². The van der Waals surface area contributed by atoms with Crippen LogP contribution in [0.25, 0.3) is 11.3 Å². The van der Waals surface area contributed by atoms with Gasteiger partial charge in [0.15, 0.2) is 11.5 Å². The van der Waals surface area contributed by atoms with Crippen LogP contribution in [-0.2, 0) is 16.1 Å². The average Bonchev–Trinajstić information content (AvgIpc) is 3.57. The van der Waals surface area contributed by atoms with Crippen LogP contribution in [-0.4, -0.2) is 47.7 Å². The summed E-state index contributed by atoms with van der Waals surface area (Å²) in [5, 5.41) is 6.95. The Morgan fingerprint density at radius 3 is 2.65 bits per heavy atom. The number of hydrogen-bond donors (Lipinski definition) is 1. The quantitative estimate of drug-likeness (QED) is 0.509. The molecule has 1 aliphatic heterocycles. The number of hydrogen-bond acceptors (Lipinski definition) is 6. The van der Waals surface area contributed by atoms with E-state index in [1.54, 1.807) is 29.4 Å². The van der Waals surface area contributed by atoms with E-state index in [1.165, 1.54) is 0 Å². The van der Waals surface area contributed by atoms with E-state index in [4.69, 9.17) is 13.7 Å². The molecule has 0 spiro atoms. The minimum absolute atomic E-state index is 0.0760. The Labute approximate surface area is 199 Å². The van der Waals surface area contributed by atoms with Crippen molar-refractivity contribution in [1.82, 2.24) is 15.4 Å². The molecule has 1 fully saturated rings. The lowest BCUT2D eigenvalue weighted by atomic mass is 9.98. The number of aromatic nitrogens is 1. The first-order chi connectivity index (χ1) is 16.4. The maximum atomic E-state index is 13.3. The summed E-state index contributed by atoms with van der Waals surface area (Å²) in [5.41, 5.74) is 4.41.